The monoisotopic (exact) mass is 316 g/mol. The van der Waals surface area contributed by atoms with Crippen molar-refractivity contribution in [2.75, 3.05) is 5.73 Å². The minimum Gasteiger partial charge on any atom is -0.384 e. The summed E-state index contributed by atoms with van der Waals surface area (Å²) in [6, 6.07) is 1.34. The minimum absolute atomic E-state index is 0.101. The van der Waals surface area contributed by atoms with Crippen LogP contribution in [0, 0.1) is 0 Å². The van der Waals surface area contributed by atoms with Crippen molar-refractivity contribution in [3.8, 4) is 0 Å². The van der Waals surface area contributed by atoms with Gasteiger partial charge in [0.2, 0.25) is 5.82 Å². The van der Waals surface area contributed by atoms with Gasteiger partial charge in [-0.3, -0.25) is 0 Å². The van der Waals surface area contributed by atoms with Crippen LogP contribution >= 0.6 is 11.3 Å². The summed E-state index contributed by atoms with van der Waals surface area (Å²) >= 11 is 1.40. The molecule has 21 heavy (non-hydrogen) atoms. The molecule has 0 amide bonds. The Morgan fingerprint density at radius 2 is 1.81 bits per heavy atom. The van der Waals surface area contributed by atoms with Gasteiger partial charge in [-0.2, -0.15) is 13.2 Å². The van der Waals surface area contributed by atoms with Crippen LogP contribution in [-0.4, -0.2) is 15.0 Å². The smallest absolute Gasteiger partial charge is 0.384 e. The molecule has 4 nitrogen and oxygen atoms in total. The Morgan fingerprint density at radius 3 is 2.33 bits per heavy atom. The van der Waals surface area contributed by atoms with Crippen LogP contribution in [0.15, 0.2) is 11.4 Å². The summed E-state index contributed by atoms with van der Waals surface area (Å²) in [5.74, 6) is -1.41. The zero-order chi connectivity index (χ0) is 15.8. The summed E-state index contributed by atoms with van der Waals surface area (Å²) in [6.45, 7) is 6.07. The third-order valence-corrected chi connectivity index (χ3v) is 3.55. The Bertz CT molecular complexity index is 644. The number of halogens is 3. The van der Waals surface area contributed by atoms with Crippen molar-refractivity contribution in [2.45, 2.75) is 38.8 Å². The molecule has 2 heterocycles. The van der Waals surface area contributed by atoms with Gasteiger partial charge in [-0.05, 0) is 0 Å². The summed E-state index contributed by atoms with van der Waals surface area (Å²) in [5.41, 5.74) is 6.43. The van der Waals surface area contributed by atoms with Gasteiger partial charge in [0.25, 0.3) is 0 Å². The molecule has 0 fully saturated rings. The lowest BCUT2D eigenvalue weighted by Gasteiger charge is -2.14. The zero-order valence-electron chi connectivity index (χ0n) is 11.8. The van der Waals surface area contributed by atoms with Crippen molar-refractivity contribution in [2.24, 2.45) is 0 Å². The molecule has 2 rings (SSSR count). The van der Waals surface area contributed by atoms with Crippen LogP contribution in [0.4, 0.5) is 19.0 Å². The number of hydrogen-bond donors (Lipinski definition) is 1. The lowest BCUT2D eigenvalue weighted by atomic mass is 9.93. The van der Waals surface area contributed by atoms with E-state index in [4.69, 9.17) is 5.73 Å². The highest BCUT2D eigenvalue weighted by atomic mass is 32.1. The van der Waals surface area contributed by atoms with Gasteiger partial charge in [0.15, 0.2) is 0 Å². The molecule has 0 spiro atoms. The second-order valence-electron chi connectivity index (χ2n) is 5.66. The average Bonchev–Trinajstić information content (AvgIpc) is 2.75. The number of nitrogens with two attached hydrogens (primary N) is 1. The second kappa shape index (κ2) is 5.25. The lowest BCUT2D eigenvalue weighted by Crippen LogP contribution is -2.14. The van der Waals surface area contributed by atoms with E-state index < -0.39 is 12.0 Å². The van der Waals surface area contributed by atoms with Gasteiger partial charge in [0, 0.05) is 23.3 Å². The maximum Gasteiger partial charge on any atom is 0.451 e. The number of rotatable bonds is 2. The van der Waals surface area contributed by atoms with E-state index in [2.05, 4.69) is 15.0 Å². The molecule has 0 radical (unpaired) electrons. The van der Waals surface area contributed by atoms with E-state index in [0.29, 0.717) is 5.01 Å². The van der Waals surface area contributed by atoms with E-state index in [1.807, 2.05) is 26.2 Å². The van der Waals surface area contributed by atoms with Gasteiger partial charge < -0.3 is 5.73 Å². The molecule has 0 aliphatic carbocycles. The number of thiazole rings is 1. The third kappa shape index (κ3) is 3.90. The van der Waals surface area contributed by atoms with Crippen molar-refractivity contribution in [1.82, 2.24) is 15.0 Å². The second-order valence-corrected chi connectivity index (χ2v) is 6.60. The van der Waals surface area contributed by atoms with Gasteiger partial charge in [0.05, 0.1) is 16.4 Å². The average molecular weight is 316 g/mol. The van der Waals surface area contributed by atoms with Crippen molar-refractivity contribution >= 4 is 17.2 Å². The quantitative estimate of drug-likeness (QED) is 0.922. The maximum atomic E-state index is 12.7. The van der Waals surface area contributed by atoms with Gasteiger partial charge in [-0.1, -0.05) is 20.8 Å². The van der Waals surface area contributed by atoms with Gasteiger partial charge >= 0.3 is 6.18 Å². The SMILES string of the molecule is CC(C)(C)c1csc(Cc2cc(N)nc(C(F)(F)F)n2)n1. The van der Waals surface area contributed by atoms with Gasteiger partial charge in [-0.25, -0.2) is 15.0 Å². The first-order valence-electron chi connectivity index (χ1n) is 6.21. The Labute approximate surface area is 124 Å². The number of aromatic nitrogens is 3. The van der Waals surface area contributed by atoms with Gasteiger partial charge in [-0.15, -0.1) is 11.3 Å². The Morgan fingerprint density at radius 1 is 1.14 bits per heavy atom. The summed E-state index contributed by atoms with van der Waals surface area (Å²) in [7, 11) is 0. The fourth-order valence-corrected chi connectivity index (χ4v) is 2.66. The van der Waals surface area contributed by atoms with Crippen LogP contribution in [-0.2, 0) is 18.0 Å². The fourth-order valence-electron chi connectivity index (χ4n) is 1.63. The number of hydrogen-bond acceptors (Lipinski definition) is 5. The topological polar surface area (TPSA) is 64.7 Å². The van der Waals surface area contributed by atoms with Crippen LogP contribution in [0.25, 0.3) is 0 Å². The van der Waals surface area contributed by atoms with Crippen molar-refractivity contribution in [3.05, 3.63) is 33.7 Å². The summed E-state index contributed by atoms with van der Waals surface area (Å²) in [5, 5.41) is 2.61. The Hall–Kier alpha value is -1.70. The van der Waals surface area contributed by atoms with Crippen molar-refractivity contribution < 1.29 is 13.2 Å². The highest BCUT2D eigenvalue weighted by Crippen LogP contribution is 2.28. The predicted octanol–water partition coefficient (Wildman–Crippen LogP) is 3.42. The standard InChI is InChI=1S/C13H15F3N4S/c1-12(2,3)8-6-21-10(19-8)5-7-4-9(17)20-11(18-7)13(14,15)16/h4,6H,5H2,1-3H3,(H2,17,18,20). The number of nitrogens with zero attached hydrogens (tertiary/aromatic N) is 3. The molecular formula is C13H15F3N4S. The van der Waals surface area contributed by atoms with Crippen LogP contribution in [0.2, 0.25) is 0 Å². The largest absolute Gasteiger partial charge is 0.451 e. The highest BCUT2D eigenvalue weighted by molar-refractivity contribution is 7.09. The van der Waals surface area contributed by atoms with E-state index >= 15 is 0 Å². The maximum absolute atomic E-state index is 12.7. The molecule has 8 heteroatoms. The molecule has 2 aromatic rings. The number of nitrogen functional groups attached to an aromatic ring is 1. The summed E-state index contributed by atoms with van der Waals surface area (Å²) in [6.07, 6.45) is -4.40. The van der Waals surface area contributed by atoms with Crippen LogP contribution < -0.4 is 5.73 Å². The first-order valence-corrected chi connectivity index (χ1v) is 7.09. The van der Waals surface area contributed by atoms with E-state index in [1.165, 1.54) is 17.4 Å². The highest BCUT2D eigenvalue weighted by Gasteiger charge is 2.35. The molecular weight excluding hydrogens is 301 g/mol. The third-order valence-electron chi connectivity index (χ3n) is 2.71. The van der Waals surface area contributed by atoms with E-state index in [9.17, 15) is 13.2 Å². The lowest BCUT2D eigenvalue weighted by molar-refractivity contribution is -0.145. The van der Waals surface area contributed by atoms with Gasteiger partial charge in [0.1, 0.15) is 5.82 Å². The van der Waals surface area contributed by atoms with Crippen molar-refractivity contribution in [3.63, 3.8) is 0 Å². The normalized spacial score (nSPS) is 12.7. The number of anilines is 1. The Balaban J connectivity index is 2.28. The van der Waals surface area contributed by atoms with Crippen LogP contribution in [0.5, 0.6) is 0 Å². The van der Waals surface area contributed by atoms with E-state index in [-0.39, 0.29) is 23.3 Å². The molecule has 0 saturated carbocycles. The Kier molecular flexibility index (Phi) is 3.92. The summed E-state index contributed by atoms with van der Waals surface area (Å²) < 4.78 is 38.0. The molecule has 0 unspecified atom stereocenters. The molecule has 0 aromatic carbocycles. The number of alkyl halides is 3. The molecule has 0 aliphatic heterocycles. The molecule has 0 atom stereocenters. The molecule has 2 N–H and O–H groups in total. The van der Waals surface area contributed by atoms with Crippen LogP contribution in [0.3, 0.4) is 0 Å². The molecule has 114 valence electrons. The minimum atomic E-state index is -4.61. The predicted molar refractivity (Wildman–Crippen MR) is 75.1 cm³/mol. The first kappa shape index (κ1) is 15.7. The first-order chi connectivity index (χ1) is 9.55. The van der Waals surface area contributed by atoms with E-state index in [1.54, 1.807) is 0 Å². The van der Waals surface area contributed by atoms with Crippen molar-refractivity contribution in [1.29, 1.82) is 0 Å². The zero-order valence-corrected chi connectivity index (χ0v) is 12.6. The molecule has 0 bridgehead atoms. The van der Waals surface area contributed by atoms with Crippen LogP contribution in [0.1, 0.15) is 43.0 Å². The molecule has 0 saturated heterocycles. The summed E-state index contributed by atoms with van der Waals surface area (Å²) in [4.78, 5) is 11.2. The van der Waals surface area contributed by atoms with E-state index in [0.717, 1.165) is 5.69 Å². The molecule has 2 aromatic heterocycles. The molecule has 0 aliphatic rings. The fraction of sp³-hybridized carbons (Fsp3) is 0.462.